The molecule has 0 aliphatic carbocycles. The Morgan fingerprint density at radius 3 is 2.06 bits per heavy atom. The van der Waals surface area contributed by atoms with Gasteiger partial charge < -0.3 is 19.7 Å². The van der Waals surface area contributed by atoms with Crippen molar-refractivity contribution in [1.82, 2.24) is 10.2 Å². The summed E-state index contributed by atoms with van der Waals surface area (Å²) in [5.74, 6) is -1.57. The fourth-order valence-electron chi connectivity index (χ4n) is 4.74. The number of sulfonamides is 1. The van der Waals surface area contributed by atoms with E-state index < -0.39 is 40.2 Å². The number of hydrogen-bond acceptors (Lipinski definition) is 6. The molecule has 4 aromatic rings. The van der Waals surface area contributed by atoms with Gasteiger partial charge in [-0.3, -0.25) is 14.3 Å². The summed E-state index contributed by atoms with van der Waals surface area (Å²) < 4.78 is 66.2. The first-order chi connectivity index (χ1) is 23.0. The van der Waals surface area contributed by atoms with Gasteiger partial charge >= 0.3 is 0 Å². The van der Waals surface area contributed by atoms with Gasteiger partial charge in [-0.2, -0.15) is 0 Å². The number of rotatable bonds is 17. The maximum absolute atomic E-state index is 13.8. The van der Waals surface area contributed by atoms with Gasteiger partial charge in [-0.1, -0.05) is 42.5 Å². The van der Waals surface area contributed by atoms with Crippen LogP contribution in [-0.2, 0) is 37.3 Å². The Balaban J connectivity index is 1.51. The number of nitrogens with one attached hydrogen (secondary N) is 2. The SMILES string of the molecule is CC(C)OCCCNC(=O)[C@H](Cc1ccccc1)N(Cc1ccc(F)cc1)C(=O)COc1ccc(S(=O)(=O)Nc2ccc(F)cc2)cc1. The number of hydrogen-bond donors (Lipinski definition) is 2. The van der Waals surface area contributed by atoms with Gasteiger partial charge in [0.2, 0.25) is 5.91 Å². The summed E-state index contributed by atoms with van der Waals surface area (Å²) in [6.45, 7) is 4.23. The topological polar surface area (TPSA) is 114 Å². The molecule has 0 saturated heterocycles. The third-order valence-electron chi connectivity index (χ3n) is 7.20. The lowest BCUT2D eigenvalue weighted by molar-refractivity contribution is -0.142. The van der Waals surface area contributed by atoms with Crippen molar-refractivity contribution in [3.63, 3.8) is 0 Å². The van der Waals surface area contributed by atoms with Crippen LogP contribution in [0.1, 0.15) is 31.4 Å². The van der Waals surface area contributed by atoms with Crippen LogP contribution in [0.15, 0.2) is 108 Å². The van der Waals surface area contributed by atoms with E-state index >= 15 is 0 Å². The number of nitrogens with zero attached hydrogens (tertiary/aromatic N) is 1. The van der Waals surface area contributed by atoms with Gasteiger partial charge in [-0.15, -0.1) is 0 Å². The van der Waals surface area contributed by atoms with Crippen LogP contribution >= 0.6 is 0 Å². The Hall–Kier alpha value is -4.81. The molecule has 12 heteroatoms. The lowest BCUT2D eigenvalue weighted by Gasteiger charge is -2.31. The maximum atomic E-state index is 13.8. The molecule has 0 heterocycles. The first-order valence-corrected chi connectivity index (χ1v) is 17.0. The van der Waals surface area contributed by atoms with Crippen molar-refractivity contribution < 1.29 is 36.3 Å². The van der Waals surface area contributed by atoms with Gasteiger partial charge in [0.15, 0.2) is 6.61 Å². The fraction of sp³-hybridized carbons (Fsp3) is 0.278. The Morgan fingerprint density at radius 2 is 1.44 bits per heavy atom. The first kappa shape index (κ1) is 36.0. The van der Waals surface area contributed by atoms with Crippen molar-refractivity contribution in [1.29, 1.82) is 0 Å². The predicted molar refractivity (Wildman–Crippen MR) is 179 cm³/mol. The second-order valence-electron chi connectivity index (χ2n) is 11.3. The molecule has 254 valence electrons. The van der Waals surface area contributed by atoms with Gasteiger partial charge in [0.1, 0.15) is 23.4 Å². The van der Waals surface area contributed by atoms with Gasteiger partial charge in [-0.25, -0.2) is 17.2 Å². The zero-order valence-electron chi connectivity index (χ0n) is 26.8. The minimum atomic E-state index is -3.97. The minimum Gasteiger partial charge on any atom is -0.484 e. The monoisotopic (exact) mass is 679 g/mol. The van der Waals surface area contributed by atoms with Crippen molar-refractivity contribution in [2.45, 2.75) is 50.3 Å². The molecule has 0 aromatic heterocycles. The maximum Gasteiger partial charge on any atom is 0.261 e. The molecule has 2 N–H and O–H groups in total. The highest BCUT2D eigenvalue weighted by molar-refractivity contribution is 7.92. The Kier molecular flexibility index (Phi) is 13.0. The highest BCUT2D eigenvalue weighted by Crippen LogP contribution is 2.21. The van der Waals surface area contributed by atoms with Gasteiger partial charge in [0.25, 0.3) is 15.9 Å². The fourth-order valence-corrected chi connectivity index (χ4v) is 5.79. The number of carbonyl (C=O) groups excluding carboxylic acids is 2. The van der Waals surface area contributed by atoms with Crippen LogP contribution in [0.2, 0.25) is 0 Å². The van der Waals surface area contributed by atoms with Crippen LogP contribution in [0, 0.1) is 11.6 Å². The van der Waals surface area contributed by atoms with E-state index in [1.54, 1.807) is 12.1 Å². The molecular formula is C36H39F2N3O6S. The summed E-state index contributed by atoms with van der Waals surface area (Å²) in [5, 5.41) is 2.93. The van der Waals surface area contributed by atoms with E-state index in [2.05, 4.69) is 10.0 Å². The summed E-state index contributed by atoms with van der Waals surface area (Å²) in [6, 6.07) is 24.4. The smallest absolute Gasteiger partial charge is 0.261 e. The van der Waals surface area contributed by atoms with Crippen LogP contribution in [0.4, 0.5) is 14.5 Å². The lowest BCUT2D eigenvalue weighted by Crippen LogP contribution is -2.52. The second-order valence-corrected chi connectivity index (χ2v) is 13.0. The van der Waals surface area contributed by atoms with Crippen molar-refractivity contribution in [3.05, 3.63) is 126 Å². The van der Waals surface area contributed by atoms with E-state index in [4.69, 9.17) is 9.47 Å². The average molecular weight is 680 g/mol. The van der Waals surface area contributed by atoms with Crippen LogP contribution in [-0.4, -0.2) is 57.0 Å². The second kappa shape index (κ2) is 17.4. The Morgan fingerprint density at radius 1 is 0.812 bits per heavy atom. The number of benzene rings is 4. The van der Waals surface area contributed by atoms with Crippen LogP contribution in [0.25, 0.3) is 0 Å². The van der Waals surface area contributed by atoms with Gasteiger partial charge in [0, 0.05) is 31.8 Å². The van der Waals surface area contributed by atoms with Crippen molar-refractivity contribution >= 4 is 27.5 Å². The number of anilines is 1. The third kappa shape index (κ3) is 11.2. The highest BCUT2D eigenvalue weighted by Gasteiger charge is 2.30. The molecule has 0 aliphatic heterocycles. The molecule has 48 heavy (non-hydrogen) atoms. The zero-order valence-corrected chi connectivity index (χ0v) is 27.6. The molecule has 4 rings (SSSR count). The molecule has 0 spiro atoms. The van der Waals surface area contributed by atoms with Crippen molar-refractivity contribution in [2.75, 3.05) is 24.5 Å². The van der Waals surface area contributed by atoms with E-state index in [0.29, 0.717) is 25.1 Å². The molecule has 0 unspecified atom stereocenters. The summed E-state index contributed by atoms with van der Waals surface area (Å²) in [4.78, 5) is 28.8. The molecular weight excluding hydrogens is 640 g/mol. The molecule has 0 saturated carbocycles. The molecule has 0 fully saturated rings. The summed E-state index contributed by atoms with van der Waals surface area (Å²) in [5.41, 5.74) is 1.65. The van der Waals surface area contributed by atoms with Gasteiger partial charge in [-0.05, 0) is 92.1 Å². The molecule has 0 bridgehead atoms. The minimum absolute atomic E-state index is 0.0100. The molecule has 4 aromatic carbocycles. The first-order valence-electron chi connectivity index (χ1n) is 15.5. The Bertz CT molecular complexity index is 1720. The van der Waals surface area contributed by atoms with Crippen molar-refractivity contribution in [3.8, 4) is 5.75 Å². The van der Waals surface area contributed by atoms with E-state index in [9.17, 15) is 26.8 Å². The number of ether oxygens (including phenoxy) is 2. The van der Waals surface area contributed by atoms with E-state index in [1.165, 1.54) is 53.4 Å². The largest absolute Gasteiger partial charge is 0.484 e. The lowest BCUT2D eigenvalue weighted by atomic mass is 10.0. The summed E-state index contributed by atoms with van der Waals surface area (Å²) in [7, 11) is -3.97. The Labute approximate surface area is 279 Å². The van der Waals surface area contributed by atoms with Crippen molar-refractivity contribution in [2.24, 2.45) is 0 Å². The summed E-state index contributed by atoms with van der Waals surface area (Å²) >= 11 is 0. The summed E-state index contributed by atoms with van der Waals surface area (Å²) in [6.07, 6.45) is 0.867. The quantitative estimate of drug-likeness (QED) is 0.138. The van der Waals surface area contributed by atoms with Crippen LogP contribution in [0.3, 0.4) is 0 Å². The third-order valence-corrected chi connectivity index (χ3v) is 8.60. The predicted octanol–water partition coefficient (Wildman–Crippen LogP) is 5.72. The van der Waals surface area contributed by atoms with Gasteiger partial charge in [0.05, 0.1) is 11.0 Å². The number of halogens is 2. The molecule has 9 nitrogen and oxygen atoms in total. The zero-order chi connectivity index (χ0) is 34.5. The number of amides is 2. The van der Waals surface area contributed by atoms with E-state index in [1.807, 2.05) is 44.2 Å². The normalized spacial score (nSPS) is 11.9. The van der Waals surface area contributed by atoms with E-state index in [-0.39, 0.29) is 41.3 Å². The molecule has 0 radical (unpaired) electrons. The standard InChI is InChI=1S/C36H39F2N3O6S/c1-26(2)46-22-6-21-39-36(43)34(23-27-7-4-3-5-8-27)41(24-28-9-11-29(37)12-10-28)35(42)25-47-32-17-19-33(20-18-32)48(44,45)40-31-15-13-30(38)14-16-31/h3-5,7-20,26,34,40H,6,21-25H2,1-2H3,(H,39,43)/t34-/m0/s1. The molecule has 1 atom stereocenters. The molecule has 2 amide bonds. The van der Waals surface area contributed by atoms with Crippen LogP contribution in [0.5, 0.6) is 5.75 Å². The average Bonchev–Trinajstić information content (AvgIpc) is 3.07. The van der Waals surface area contributed by atoms with E-state index in [0.717, 1.165) is 17.7 Å². The van der Waals surface area contributed by atoms with Crippen LogP contribution < -0.4 is 14.8 Å². The molecule has 0 aliphatic rings. The highest BCUT2D eigenvalue weighted by atomic mass is 32.2. The number of carbonyl (C=O) groups is 2.